The van der Waals surface area contributed by atoms with E-state index in [1.165, 1.54) is 0 Å². The highest BCUT2D eigenvalue weighted by Crippen LogP contribution is 2.61. The van der Waals surface area contributed by atoms with E-state index in [1.807, 2.05) is 0 Å². The topological polar surface area (TPSA) is 83.5 Å². The molecular weight excluding hydrogens is 335 g/mol. The number of rotatable bonds is 9. The first-order valence-electron chi connectivity index (χ1n) is 8.83. The molecule has 24 heavy (non-hydrogen) atoms. The highest BCUT2D eigenvalue weighted by atomic mass is 31.2. The Hall–Kier alpha value is -0.0100. The van der Waals surface area contributed by atoms with Gasteiger partial charge in [-0.2, -0.15) is 0 Å². The Kier molecular flexibility index (Phi) is 5.72. The third-order valence-corrected chi connectivity index (χ3v) is 7.08. The number of methoxy groups -OCH3 is 1. The van der Waals surface area contributed by atoms with Crippen molar-refractivity contribution >= 4 is 7.82 Å². The lowest BCUT2D eigenvalue weighted by Gasteiger charge is -2.51. The van der Waals surface area contributed by atoms with Crippen LogP contribution in [0.1, 0.15) is 33.1 Å². The summed E-state index contributed by atoms with van der Waals surface area (Å²) < 4.78 is 39.7. The number of aliphatic hydroxyl groups is 1. The number of phosphoric ester groups is 1. The maximum Gasteiger partial charge on any atom is 0.474 e. The lowest BCUT2D eigenvalue weighted by molar-refractivity contribution is -0.224. The molecule has 6 atom stereocenters. The van der Waals surface area contributed by atoms with E-state index in [1.54, 1.807) is 21.0 Å². The highest BCUT2D eigenvalue weighted by molar-refractivity contribution is 7.48. The van der Waals surface area contributed by atoms with Crippen molar-refractivity contribution in [3.63, 3.8) is 0 Å². The third kappa shape index (κ3) is 3.58. The molecule has 2 bridgehead atoms. The monoisotopic (exact) mass is 364 g/mol. The molecule has 7 nitrogen and oxygen atoms in total. The Morgan fingerprint density at radius 1 is 1.21 bits per heavy atom. The lowest BCUT2D eigenvalue weighted by Crippen LogP contribution is -2.58. The van der Waals surface area contributed by atoms with Crippen molar-refractivity contribution in [2.24, 2.45) is 17.3 Å². The molecule has 5 unspecified atom stereocenters. The maximum atomic E-state index is 12.5. The fourth-order valence-electron chi connectivity index (χ4n) is 4.42. The summed E-state index contributed by atoms with van der Waals surface area (Å²) >= 11 is 0. The molecular formula is C16H29O7P. The Morgan fingerprint density at radius 2 is 1.92 bits per heavy atom. The molecule has 2 aliphatic carbocycles. The molecule has 1 saturated heterocycles. The van der Waals surface area contributed by atoms with Gasteiger partial charge in [0, 0.05) is 12.5 Å². The Morgan fingerprint density at radius 3 is 2.54 bits per heavy atom. The summed E-state index contributed by atoms with van der Waals surface area (Å²) in [4.78, 5) is 0. The zero-order valence-corrected chi connectivity index (χ0v) is 15.6. The summed E-state index contributed by atoms with van der Waals surface area (Å²) in [6.07, 6.45) is 1.79. The van der Waals surface area contributed by atoms with Gasteiger partial charge in [0.15, 0.2) is 0 Å². The van der Waals surface area contributed by atoms with Crippen molar-refractivity contribution < 1.29 is 32.7 Å². The van der Waals surface area contributed by atoms with Gasteiger partial charge in [0.25, 0.3) is 0 Å². The molecule has 1 aliphatic heterocycles. The maximum absolute atomic E-state index is 12.5. The molecule has 8 heteroatoms. The van der Waals surface area contributed by atoms with Gasteiger partial charge in [-0.15, -0.1) is 0 Å². The van der Waals surface area contributed by atoms with Crippen LogP contribution in [0.25, 0.3) is 0 Å². The summed E-state index contributed by atoms with van der Waals surface area (Å²) in [6.45, 7) is 4.40. The molecule has 2 saturated carbocycles. The van der Waals surface area contributed by atoms with Gasteiger partial charge in [0.05, 0.1) is 38.6 Å². The van der Waals surface area contributed by atoms with E-state index < -0.39 is 20.0 Å². The van der Waals surface area contributed by atoms with Crippen LogP contribution in [0.5, 0.6) is 0 Å². The first-order chi connectivity index (χ1) is 11.5. The molecule has 0 radical (unpaired) electrons. The average molecular weight is 364 g/mol. The number of aliphatic hydroxyl groups excluding tert-OH is 1. The minimum absolute atomic E-state index is 0.0161. The van der Waals surface area contributed by atoms with Crippen LogP contribution in [-0.4, -0.2) is 57.0 Å². The fraction of sp³-hybridized carbons (Fsp3) is 1.00. The minimum Gasteiger partial charge on any atom is -0.390 e. The zero-order chi connectivity index (χ0) is 17.4. The molecule has 3 aliphatic rings. The van der Waals surface area contributed by atoms with Crippen LogP contribution in [0.4, 0.5) is 0 Å². The van der Waals surface area contributed by atoms with Crippen LogP contribution in [0.2, 0.25) is 0 Å². The second-order valence-electron chi connectivity index (χ2n) is 7.10. The van der Waals surface area contributed by atoms with Crippen molar-refractivity contribution in [3.8, 4) is 0 Å². The quantitative estimate of drug-likeness (QED) is 0.629. The average Bonchev–Trinajstić information content (AvgIpc) is 3.30. The van der Waals surface area contributed by atoms with Gasteiger partial charge in [-0.05, 0) is 44.9 Å². The molecule has 3 rings (SSSR count). The first kappa shape index (κ1) is 18.8. The van der Waals surface area contributed by atoms with Gasteiger partial charge in [-0.1, -0.05) is 0 Å². The number of hydrogen-bond acceptors (Lipinski definition) is 7. The predicted molar refractivity (Wildman–Crippen MR) is 86.6 cm³/mol. The van der Waals surface area contributed by atoms with Crippen molar-refractivity contribution in [2.45, 2.75) is 51.4 Å². The third-order valence-electron chi connectivity index (χ3n) is 5.46. The van der Waals surface area contributed by atoms with Gasteiger partial charge in [-0.25, -0.2) is 4.57 Å². The van der Waals surface area contributed by atoms with Gasteiger partial charge in [0.1, 0.15) is 6.10 Å². The second-order valence-corrected chi connectivity index (χ2v) is 8.77. The van der Waals surface area contributed by atoms with E-state index in [9.17, 15) is 9.67 Å². The van der Waals surface area contributed by atoms with Crippen LogP contribution in [-0.2, 0) is 27.6 Å². The van der Waals surface area contributed by atoms with Crippen LogP contribution in [0.3, 0.4) is 0 Å². The molecule has 1 N–H and O–H groups in total. The van der Waals surface area contributed by atoms with E-state index in [0.717, 1.165) is 19.3 Å². The van der Waals surface area contributed by atoms with E-state index in [-0.39, 0.29) is 31.3 Å². The summed E-state index contributed by atoms with van der Waals surface area (Å²) in [7, 11) is -1.95. The van der Waals surface area contributed by atoms with Gasteiger partial charge in [0.2, 0.25) is 0 Å². The van der Waals surface area contributed by atoms with E-state index in [2.05, 4.69) is 0 Å². The zero-order valence-electron chi connectivity index (χ0n) is 14.7. The molecule has 3 fully saturated rings. The van der Waals surface area contributed by atoms with Crippen LogP contribution < -0.4 is 0 Å². The molecule has 0 aromatic carbocycles. The summed E-state index contributed by atoms with van der Waals surface area (Å²) in [5, 5.41) is 10.9. The number of phosphoric acid groups is 1. The van der Waals surface area contributed by atoms with Crippen molar-refractivity contribution in [1.82, 2.24) is 0 Å². The lowest BCUT2D eigenvalue weighted by atomic mass is 9.66. The van der Waals surface area contributed by atoms with Crippen molar-refractivity contribution in [3.05, 3.63) is 0 Å². The summed E-state index contributed by atoms with van der Waals surface area (Å²) in [5.74, 6) is 1.21. The van der Waals surface area contributed by atoms with Gasteiger partial charge in [-0.3, -0.25) is 13.6 Å². The van der Waals surface area contributed by atoms with Gasteiger partial charge < -0.3 is 14.6 Å². The number of ether oxygens (including phenoxy) is 2. The molecule has 0 aromatic heterocycles. The Labute approximate surface area is 143 Å². The normalized spacial score (nSPS) is 41.1. The molecule has 0 aromatic rings. The van der Waals surface area contributed by atoms with Crippen molar-refractivity contribution in [1.29, 1.82) is 0 Å². The van der Waals surface area contributed by atoms with Crippen LogP contribution in [0.15, 0.2) is 0 Å². The van der Waals surface area contributed by atoms with Gasteiger partial charge >= 0.3 is 7.82 Å². The van der Waals surface area contributed by atoms with Crippen LogP contribution in [0, 0.1) is 17.3 Å². The minimum atomic E-state index is -3.61. The number of hydrogen-bond donors (Lipinski definition) is 1. The smallest absolute Gasteiger partial charge is 0.390 e. The standard InChI is InChI=1S/C16H29O7P/c1-4-20-24(18,21-5-2)22-9-14-15(17)16(10-19-3)7-11-6-12(11)13(8-16)23-14/h11-15,17H,4-10H2,1-3H3/t11?,12?,13?,14-,15?,16?/m1/s1. The van der Waals surface area contributed by atoms with Crippen molar-refractivity contribution in [2.75, 3.05) is 33.5 Å². The van der Waals surface area contributed by atoms with E-state index in [4.69, 9.17) is 23.0 Å². The molecule has 0 spiro atoms. The second kappa shape index (κ2) is 7.31. The molecule has 140 valence electrons. The first-order valence-corrected chi connectivity index (χ1v) is 10.3. The van der Waals surface area contributed by atoms with E-state index >= 15 is 0 Å². The number of fused-ring (bicyclic) bond motifs is 4. The van der Waals surface area contributed by atoms with E-state index in [0.29, 0.717) is 18.4 Å². The Bertz CT molecular complexity index is 477. The molecule has 0 amide bonds. The fourth-order valence-corrected chi connectivity index (χ4v) is 5.60. The summed E-state index contributed by atoms with van der Waals surface area (Å²) in [5.41, 5.74) is -0.301. The Balaban J connectivity index is 1.68. The highest BCUT2D eigenvalue weighted by Gasteiger charge is 2.61. The summed E-state index contributed by atoms with van der Waals surface area (Å²) in [6, 6.07) is 0. The SMILES string of the molecule is CCOP(=O)(OCC)OC[C@H]1OC2CC(COC)(CC3CC32)C1O. The van der Waals surface area contributed by atoms with Crippen LogP contribution >= 0.6 is 7.82 Å². The predicted octanol–water partition coefficient (Wildman–Crippen LogP) is 2.38. The largest absolute Gasteiger partial charge is 0.474 e. The molecule has 1 heterocycles.